The summed E-state index contributed by atoms with van der Waals surface area (Å²) >= 11 is 6.21. The molecule has 196 valence electrons. The van der Waals surface area contributed by atoms with Crippen molar-refractivity contribution in [2.75, 3.05) is 11.9 Å². The van der Waals surface area contributed by atoms with E-state index >= 15 is 0 Å². The Morgan fingerprint density at radius 2 is 1.74 bits per heavy atom. The van der Waals surface area contributed by atoms with Crippen molar-refractivity contribution in [1.29, 1.82) is 0 Å². The molecule has 1 N–H and O–H groups in total. The molecule has 0 bridgehead atoms. The minimum Gasteiger partial charge on any atom is -0.466 e. The molecule has 0 saturated carbocycles. The van der Waals surface area contributed by atoms with Crippen LogP contribution in [0.5, 0.6) is 0 Å². The molecule has 4 rings (SSSR count). The summed E-state index contributed by atoms with van der Waals surface area (Å²) in [5.41, 5.74) is 4.01. The van der Waals surface area contributed by atoms with E-state index in [9.17, 15) is 14.0 Å². The van der Waals surface area contributed by atoms with E-state index in [-0.39, 0.29) is 18.6 Å². The summed E-state index contributed by atoms with van der Waals surface area (Å²) in [5.74, 6) is -0.597. The number of amides is 1. The third-order valence-corrected chi connectivity index (χ3v) is 6.23. The molecule has 1 heterocycles. The van der Waals surface area contributed by atoms with Crippen molar-refractivity contribution in [3.8, 4) is 22.5 Å². The van der Waals surface area contributed by atoms with Gasteiger partial charge in [-0.15, -0.1) is 0 Å². The third kappa shape index (κ3) is 6.20. The Balaban J connectivity index is 1.50. The van der Waals surface area contributed by atoms with Gasteiger partial charge in [-0.2, -0.15) is 0 Å². The van der Waals surface area contributed by atoms with Gasteiger partial charge >= 0.3 is 12.1 Å². The number of nitrogens with one attached hydrogen (secondary N) is 1. The second-order valence-corrected chi connectivity index (χ2v) is 8.94. The van der Waals surface area contributed by atoms with Gasteiger partial charge in [0.25, 0.3) is 0 Å². The quantitative estimate of drug-likeness (QED) is 0.234. The second kappa shape index (κ2) is 11.9. The Bertz CT molecular complexity index is 1450. The Morgan fingerprint density at radius 3 is 2.45 bits per heavy atom. The van der Waals surface area contributed by atoms with Crippen LogP contribution in [-0.4, -0.2) is 23.8 Å². The summed E-state index contributed by atoms with van der Waals surface area (Å²) < 4.78 is 30.2. The first-order valence-corrected chi connectivity index (χ1v) is 12.4. The Hall–Kier alpha value is -4.17. The lowest BCUT2D eigenvalue weighted by Gasteiger charge is -2.15. The Kier molecular flexibility index (Phi) is 8.43. The number of carbonyl (C=O) groups excluding carboxylic acids is 2. The van der Waals surface area contributed by atoms with Crippen molar-refractivity contribution in [3.63, 3.8) is 0 Å². The highest BCUT2D eigenvalue weighted by molar-refractivity contribution is 6.31. The topological polar surface area (TPSA) is 90.7 Å². The van der Waals surface area contributed by atoms with Crippen molar-refractivity contribution in [1.82, 2.24) is 5.16 Å². The predicted molar refractivity (Wildman–Crippen MR) is 142 cm³/mol. The molecule has 3 aromatic carbocycles. The van der Waals surface area contributed by atoms with Crippen molar-refractivity contribution >= 4 is 29.4 Å². The van der Waals surface area contributed by atoms with Gasteiger partial charge in [0, 0.05) is 16.1 Å². The fraction of sp³-hybridized carbons (Fsp3) is 0.207. The summed E-state index contributed by atoms with van der Waals surface area (Å²) in [7, 11) is 0. The molecule has 38 heavy (non-hydrogen) atoms. The summed E-state index contributed by atoms with van der Waals surface area (Å²) in [4.78, 5) is 24.5. The van der Waals surface area contributed by atoms with E-state index in [4.69, 9.17) is 25.6 Å². The van der Waals surface area contributed by atoms with E-state index in [2.05, 4.69) is 10.5 Å². The maximum atomic E-state index is 14.2. The number of benzene rings is 3. The van der Waals surface area contributed by atoms with Crippen LogP contribution in [0.3, 0.4) is 0 Å². The van der Waals surface area contributed by atoms with Crippen LogP contribution in [0.15, 0.2) is 71.3 Å². The molecule has 0 fully saturated rings. The van der Waals surface area contributed by atoms with Crippen molar-refractivity contribution in [2.45, 2.75) is 33.3 Å². The number of hydrogen-bond acceptors (Lipinski definition) is 6. The first kappa shape index (κ1) is 26.9. The zero-order valence-electron chi connectivity index (χ0n) is 21.1. The van der Waals surface area contributed by atoms with Gasteiger partial charge in [0.15, 0.2) is 5.76 Å². The van der Waals surface area contributed by atoms with Gasteiger partial charge < -0.3 is 14.0 Å². The average molecular weight is 537 g/mol. The maximum absolute atomic E-state index is 14.2. The highest BCUT2D eigenvalue weighted by Crippen LogP contribution is 2.33. The maximum Gasteiger partial charge on any atom is 0.412 e. The van der Waals surface area contributed by atoms with Crippen molar-refractivity contribution in [2.24, 2.45) is 0 Å². The second-order valence-electron chi connectivity index (χ2n) is 8.53. The van der Waals surface area contributed by atoms with E-state index in [0.29, 0.717) is 33.3 Å². The number of rotatable bonds is 8. The Labute approximate surface area is 224 Å². The average Bonchev–Trinajstić information content (AvgIpc) is 3.25. The van der Waals surface area contributed by atoms with Gasteiger partial charge in [0.05, 0.1) is 13.0 Å². The molecule has 1 amide bonds. The molecular weight excluding hydrogens is 511 g/mol. The molecule has 0 radical (unpaired) electrons. The lowest BCUT2D eigenvalue weighted by molar-refractivity contribution is -0.142. The lowest BCUT2D eigenvalue weighted by atomic mass is 9.99. The smallest absolute Gasteiger partial charge is 0.412 e. The summed E-state index contributed by atoms with van der Waals surface area (Å²) in [5, 5.41) is 7.21. The highest BCUT2D eigenvalue weighted by atomic mass is 35.5. The monoisotopic (exact) mass is 536 g/mol. The number of hydrogen-bond donors (Lipinski definition) is 1. The molecule has 1 aromatic heterocycles. The number of halogens is 2. The van der Waals surface area contributed by atoms with Crippen LogP contribution in [0, 0.1) is 12.7 Å². The van der Waals surface area contributed by atoms with Crippen molar-refractivity contribution in [3.05, 3.63) is 94.4 Å². The fourth-order valence-electron chi connectivity index (χ4n) is 3.95. The van der Waals surface area contributed by atoms with Gasteiger partial charge in [0.2, 0.25) is 0 Å². The van der Waals surface area contributed by atoms with Crippen molar-refractivity contribution < 1.29 is 28.0 Å². The van der Waals surface area contributed by atoms with E-state index in [1.807, 2.05) is 18.2 Å². The first-order chi connectivity index (χ1) is 18.3. The van der Waals surface area contributed by atoms with Gasteiger partial charge in [-0.25, -0.2) is 9.18 Å². The molecule has 1 atom stereocenters. The molecule has 1 unspecified atom stereocenters. The van der Waals surface area contributed by atoms with Crippen LogP contribution in [-0.2, 0) is 20.7 Å². The minimum absolute atomic E-state index is 0.150. The van der Waals surface area contributed by atoms with Gasteiger partial charge in [-0.1, -0.05) is 65.3 Å². The minimum atomic E-state index is -0.679. The highest BCUT2D eigenvalue weighted by Gasteiger charge is 2.21. The molecule has 0 spiro atoms. The largest absolute Gasteiger partial charge is 0.466 e. The van der Waals surface area contributed by atoms with Crippen LogP contribution in [0.25, 0.3) is 22.5 Å². The van der Waals surface area contributed by atoms with Gasteiger partial charge in [-0.05, 0) is 55.7 Å². The number of aromatic nitrogens is 1. The first-order valence-electron chi connectivity index (χ1n) is 12.0. The summed E-state index contributed by atoms with van der Waals surface area (Å²) in [6.45, 7) is 5.37. The number of esters is 1. The molecule has 9 heteroatoms. The van der Waals surface area contributed by atoms with Crippen LogP contribution >= 0.6 is 11.6 Å². The lowest BCUT2D eigenvalue weighted by Crippen LogP contribution is -2.17. The van der Waals surface area contributed by atoms with Crippen LogP contribution < -0.4 is 5.32 Å². The predicted octanol–water partition coefficient (Wildman–Crippen LogP) is 7.52. The van der Waals surface area contributed by atoms with E-state index < -0.39 is 24.0 Å². The summed E-state index contributed by atoms with van der Waals surface area (Å²) in [6, 6.07) is 19.0. The van der Waals surface area contributed by atoms with E-state index in [1.165, 1.54) is 6.07 Å². The molecule has 4 aromatic rings. The Morgan fingerprint density at radius 1 is 1.05 bits per heavy atom. The zero-order chi connectivity index (χ0) is 27.2. The fourth-order valence-corrected chi connectivity index (χ4v) is 4.24. The van der Waals surface area contributed by atoms with Crippen LogP contribution in [0.2, 0.25) is 5.02 Å². The van der Waals surface area contributed by atoms with E-state index in [0.717, 1.165) is 11.1 Å². The van der Waals surface area contributed by atoms with Gasteiger partial charge in [-0.3, -0.25) is 10.1 Å². The molecule has 0 saturated heterocycles. The van der Waals surface area contributed by atoms with Crippen LogP contribution in [0.1, 0.15) is 36.8 Å². The number of ether oxygens (including phenoxy) is 2. The van der Waals surface area contributed by atoms with Gasteiger partial charge in [0.1, 0.15) is 23.3 Å². The molecule has 7 nitrogen and oxygen atoms in total. The van der Waals surface area contributed by atoms with E-state index in [1.54, 1.807) is 63.2 Å². The van der Waals surface area contributed by atoms with Crippen LogP contribution in [0.4, 0.5) is 14.9 Å². The normalized spacial score (nSPS) is 11.6. The molecule has 0 aliphatic heterocycles. The standard InChI is InChI=1S/C29H26ClFN2O5/c1-4-36-26(34)16-22-15-21(13-14-25(22)31)19-9-11-20(12-10-19)28-27(17(2)33-38-28)32-29(35)37-18(3)23-7-5-6-8-24(23)30/h5-15,18H,4,16H2,1-3H3,(H,32,35). The third-order valence-electron chi connectivity index (χ3n) is 5.88. The number of nitrogens with zero attached hydrogens (tertiary/aromatic N) is 1. The SMILES string of the molecule is CCOC(=O)Cc1cc(-c2ccc(-c3onc(C)c3NC(=O)OC(C)c3ccccc3Cl)cc2)ccc1F. The summed E-state index contributed by atoms with van der Waals surface area (Å²) in [6.07, 6.45) is -1.40. The molecular formula is C29H26ClFN2O5. The zero-order valence-corrected chi connectivity index (χ0v) is 21.8. The number of aryl methyl sites for hydroxylation is 1. The molecule has 0 aliphatic rings. The number of carbonyl (C=O) groups is 2. The number of anilines is 1. The molecule has 0 aliphatic carbocycles.